The summed E-state index contributed by atoms with van der Waals surface area (Å²) >= 11 is 2.03. The van der Waals surface area contributed by atoms with Crippen molar-refractivity contribution in [2.75, 3.05) is 18.0 Å². The van der Waals surface area contributed by atoms with E-state index in [1.165, 1.54) is 21.7 Å². The molecule has 0 aromatic heterocycles. The van der Waals surface area contributed by atoms with Gasteiger partial charge in [-0.1, -0.05) is 71.9 Å². The SMILES string of the molecule is CCN(CC)c1ccc(C=CC2=CC(C(C)(C)C)SC(C(C)(C)C)=C2)cc1. The maximum Gasteiger partial charge on any atom is 0.0366 e. The van der Waals surface area contributed by atoms with Gasteiger partial charge in [0.15, 0.2) is 0 Å². The lowest BCUT2D eigenvalue weighted by molar-refractivity contribution is 0.430. The molecule has 0 N–H and O–H groups in total. The maximum atomic E-state index is 2.43. The second-order valence-corrected chi connectivity index (χ2v) is 10.6. The van der Waals surface area contributed by atoms with Crippen LogP contribution in [0.1, 0.15) is 61.0 Å². The van der Waals surface area contributed by atoms with Gasteiger partial charge in [0.1, 0.15) is 0 Å². The Balaban J connectivity index is 2.25. The predicted molar refractivity (Wildman–Crippen MR) is 125 cm³/mol. The molecule has 1 aromatic rings. The molecule has 0 saturated carbocycles. The van der Waals surface area contributed by atoms with Gasteiger partial charge in [-0.3, -0.25) is 0 Å². The summed E-state index contributed by atoms with van der Waals surface area (Å²) in [5.74, 6) is 0. The van der Waals surface area contributed by atoms with E-state index in [1.807, 2.05) is 11.8 Å². The number of nitrogens with zero attached hydrogens (tertiary/aromatic N) is 1. The molecule has 27 heavy (non-hydrogen) atoms. The number of allylic oxidation sites excluding steroid dienone is 4. The minimum absolute atomic E-state index is 0.187. The third-order valence-electron chi connectivity index (χ3n) is 4.98. The first-order chi connectivity index (χ1) is 12.5. The van der Waals surface area contributed by atoms with Gasteiger partial charge in [0, 0.05) is 24.0 Å². The van der Waals surface area contributed by atoms with Crippen LogP contribution in [0.3, 0.4) is 0 Å². The van der Waals surface area contributed by atoms with Crippen molar-refractivity contribution < 1.29 is 0 Å². The molecule has 0 aliphatic carbocycles. The average Bonchev–Trinajstić information content (AvgIpc) is 2.60. The monoisotopic (exact) mass is 383 g/mol. The van der Waals surface area contributed by atoms with Crippen molar-refractivity contribution >= 4 is 23.5 Å². The van der Waals surface area contributed by atoms with Crippen LogP contribution in [-0.4, -0.2) is 18.3 Å². The van der Waals surface area contributed by atoms with E-state index in [1.54, 1.807) is 0 Å². The van der Waals surface area contributed by atoms with Crippen LogP contribution in [0.2, 0.25) is 0 Å². The fraction of sp³-hybridized carbons (Fsp3) is 0.520. The fourth-order valence-corrected chi connectivity index (χ4v) is 4.49. The van der Waals surface area contributed by atoms with Crippen LogP contribution in [0.25, 0.3) is 6.08 Å². The maximum absolute atomic E-state index is 2.43. The molecule has 0 saturated heterocycles. The van der Waals surface area contributed by atoms with E-state index >= 15 is 0 Å². The molecule has 1 unspecified atom stereocenters. The van der Waals surface area contributed by atoms with E-state index < -0.39 is 0 Å². The second-order valence-electron chi connectivity index (χ2n) is 9.43. The van der Waals surface area contributed by atoms with Crippen LogP contribution in [0.5, 0.6) is 0 Å². The third-order valence-corrected chi connectivity index (χ3v) is 7.06. The Kier molecular flexibility index (Phi) is 7.08. The lowest BCUT2D eigenvalue weighted by atomic mass is 9.88. The van der Waals surface area contributed by atoms with Gasteiger partial charge < -0.3 is 4.90 Å². The van der Waals surface area contributed by atoms with E-state index in [0.717, 1.165) is 13.1 Å². The summed E-state index contributed by atoms with van der Waals surface area (Å²) in [6, 6.07) is 8.90. The summed E-state index contributed by atoms with van der Waals surface area (Å²) in [7, 11) is 0. The summed E-state index contributed by atoms with van der Waals surface area (Å²) in [6.45, 7) is 20.4. The van der Waals surface area contributed by atoms with Crippen molar-refractivity contribution in [3.05, 3.63) is 58.5 Å². The molecular weight excluding hydrogens is 346 g/mol. The molecule has 0 amide bonds. The van der Waals surface area contributed by atoms with Crippen LogP contribution >= 0.6 is 11.8 Å². The Morgan fingerprint density at radius 2 is 1.52 bits per heavy atom. The molecule has 1 aliphatic rings. The van der Waals surface area contributed by atoms with E-state index in [2.05, 4.69) is 109 Å². The first-order valence-electron chi connectivity index (χ1n) is 10.2. The summed E-state index contributed by atoms with van der Waals surface area (Å²) < 4.78 is 0. The summed E-state index contributed by atoms with van der Waals surface area (Å²) in [4.78, 5) is 3.85. The summed E-state index contributed by atoms with van der Waals surface area (Å²) in [5.41, 5.74) is 4.31. The largest absolute Gasteiger partial charge is 0.372 e. The van der Waals surface area contributed by atoms with Gasteiger partial charge in [0.25, 0.3) is 0 Å². The van der Waals surface area contributed by atoms with Crippen molar-refractivity contribution in [2.45, 2.75) is 60.6 Å². The molecule has 1 aromatic carbocycles. The highest BCUT2D eigenvalue weighted by Gasteiger charge is 2.30. The second kappa shape index (κ2) is 8.73. The van der Waals surface area contributed by atoms with Gasteiger partial charge in [0.05, 0.1) is 0 Å². The van der Waals surface area contributed by atoms with Gasteiger partial charge in [0.2, 0.25) is 0 Å². The van der Waals surface area contributed by atoms with Gasteiger partial charge >= 0.3 is 0 Å². The minimum Gasteiger partial charge on any atom is -0.372 e. The van der Waals surface area contributed by atoms with Crippen molar-refractivity contribution in [3.8, 4) is 0 Å². The first-order valence-corrected chi connectivity index (χ1v) is 11.1. The number of thioether (sulfide) groups is 1. The number of anilines is 1. The standard InChI is InChI=1S/C25H37NS/c1-9-26(10-2)21-15-13-19(14-16-21)11-12-20-17-22(24(3,4)5)27-23(18-20)25(6,7)8/h11-18,22H,9-10H2,1-8H3. The Bertz CT molecular complexity index is 704. The molecule has 1 heterocycles. The minimum atomic E-state index is 0.187. The lowest BCUT2D eigenvalue weighted by Gasteiger charge is -2.35. The van der Waals surface area contributed by atoms with E-state index in [9.17, 15) is 0 Å². The molecule has 1 atom stereocenters. The van der Waals surface area contributed by atoms with Crippen LogP contribution in [-0.2, 0) is 0 Å². The summed E-state index contributed by atoms with van der Waals surface area (Å²) in [5, 5.41) is 0.501. The molecule has 0 spiro atoms. The van der Waals surface area contributed by atoms with Crippen molar-refractivity contribution in [3.63, 3.8) is 0 Å². The molecule has 148 valence electrons. The van der Waals surface area contributed by atoms with E-state index in [0.29, 0.717) is 5.25 Å². The molecule has 1 aliphatic heterocycles. The first kappa shape index (κ1) is 21.9. The Hall–Kier alpha value is -1.41. The molecule has 0 fully saturated rings. The number of rotatable bonds is 5. The van der Waals surface area contributed by atoms with Crippen LogP contribution < -0.4 is 4.90 Å². The molecule has 1 nitrogen and oxygen atoms in total. The smallest absolute Gasteiger partial charge is 0.0366 e. The quantitative estimate of drug-likeness (QED) is 0.516. The Morgan fingerprint density at radius 1 is 0.926 bits per heavy atom. The highest BCUT2D eigenvalue weighted by molar-refractivity contribution is 8.04. The van der Waals surface area contributed by atoms with Crippen LogP contribution in [0.15, 0.2) is 53.0 Å². The van der Waals surface area contributed by atoms with Gasteiger partial charge in [-0.15, -0.1) is 11.8 Å². The van der Waals surface area contributed by atoms with Crippen LogP contribution in [0, 0.1) is 10.8 Å². The number of hydrogen-bond donors (Lipinski definition) is 0. The Labute approximate surface area is 171 Å². The molecular formula is C25H37NS. The highest BCUT2D eigenvalue weighted by Crippen LogP contribution is 2.46. The molecule has 0 bridgehead atoms. The average molecular weight is 384 g/mol. The third kappa shape index (κ3) is 6.04. The normalized spacial score (nSPS) is 18.4. The topological polar surface area (TPSA) is 3.24 Å². The van der Waals surface area contributed by atoms with Gasteiger partial charge in [-0.05, 0) is 58.9 Å². The van der Waals surface area contributed by atoms with E-state index in [-0.39, 0.29) is 10.8 Å². The van der Waals surface area contributed by atoms with Crippen molar-refractivity contribution in [2.24, 2.45) is 10.8 Å². The zero-order valence-corrected chi connectivity index (χ0v) is 19.3. The van der Waals surface area contributed by atoms with Crippen LogP contribution in [0.4, 0.5) is 5.69 Å². The summed E-state index contributed by atoms with van der Waals surface area (Å²) in [6.07, 6.45) is 9.31. The molecule has 2 heteroatoms. The molecule has 0 radical (unpaired) electrons. The highest BCUT2D eigenvalue weighted by atomic mass is 32.2. The van der Waals surface area contributed by atoms with E-state index in [4.69, 9.17) is 0 Å². The zero-order valence-electron chi connectivity index (χ0n) is 18.5. The lowest BCUT2D eigenvalue weighted by Crippen LogP contribution is -2.25. The van der Waals surface area contributed by atoms with Crippen molar-refractivity contribution in [1.29, 1.82) is 0 Å². The number of hydrogen-bond acceptors (Lipinski definition) is 2. The fourth-order valence-electron chi connectivity index (χ4n) is 3.08. The van der Waals surface area contributed by atoms with Gasteiger partial charge in [-0.25, -0.2) is 0 Å². The predicted octanol–water partition coefficient (Wildman–Crippen LogP) is 7.56. The Morgan fingerprint density at radius 3 is 2.00 bits per heavy atom. The molecule has 2 rings (SSSR count). The van der Waals surface area contributed by atoms with Gasteiger partial charge in [-0.2, -0.15) is 0 Å². The zero-order chi connectivity index (χ0) is 20.2. The van der Waals surface area contributed by atoms with Crippen molar-refractivity contribution in [1.82, 2.24) is 0 Å². The number of benzene rings is 1.